The number of aldehydes is 1. The van der Waals surface area contributed by atoms with Gasteiger partial charge in [-0.2, -0.15) is 0 Å². The van der Waals surface area contributed by atoms with E-state index in [9.17, 15) is 25.2 Å². The van der Waals surface area contributed by atoms with Gasteiger partial charge >= 0.3 is 0 Å². The van der Waals surface area contributed by atoms with E-state index >= 15 is 0 Å². The predicted molar refractivity (Wildman–Crippen MR) is 75.7 cm³/mol. The zero-order valence-corrected chi connectivity index (χ0v) is 11.5. The lowest BCUT2D eigenvalue weighted by Gasteiger charge is -2.24. The van der Waals surface area contributed by atoms with Gasteiger partial charge in [-0.1, -0.05) is 12.1 Å². The highest BCUT2D eigenvalue weighted by molar-refractivity contribution is 5.58. The first-order valence-corrected chi connectivity index (χ1v) is 6.20. The first-order valence-electron chi connectivity index (χ1n) is 6.20. The van der Waals surface area contributed by atoms with Gasteiger partial charge in [-0.05, 0) is 23.8 Å². The van der Waals surface area contributed by atoms with Gasteiger partial charge in [0.1, 0.15) is 36.1 Å². The van der Waals surface area contributed by atoms with Crippen molar-refractivity contribution >= 4 is 12.4 Å². The van der Waals surface area contributed by atoms with Crippen molar-refractivity contribution in [2.24, 2.45) is 5.73 Å². The minimum atomic E-state index is -1.79. The van der Waals surface area contributed by atoms with Gasteiger partial charge in [-0.15, -0.1) is 0 Å². The summed E-state index contributed by atoms with van der Waals surface area (Å²) in [6.45, 7) is 0. The Balaban J connectivity index is 2.82. The molecule has 116 valence electrons. The van der Waals surface area contributed by atoms with Crippen molar-refractivity contribution in [1.82, 2.24) is 0 Å². The summed E-state index contributed by atoms with van der Waals surface area (Å²) in [7, 11) is 1.51. The normalized spacial score (nSPS) is 17.7. The Morgan fingerprint density at radius 2 is 1.76 bits per heavy atom. The zero-order valence-electron chi connectivity index (χ0n) is 11.5. The van der Waals surface area contributed by atoms with Crippen LogP contribution in [0.2, 0.25) is 0 Å². The molecule has 0 spiro atoms. The molecule has 0 saturated heterocycles. The fourth-order valence-electron chi connectivity index (χ4n) is 1.63. The Labute approximate surface area is 121 Å². The highest BCUT2D eigenvalue weighted by Crippen LogP contribution is 2.16. The highest BCUT2D eigenvalue weighted by Gasteiger charge is 2.31. The van der Waals surface area contributed by atoms with Gasteiger partial charge in [0.2, 0.25) is 0 Å². The lowest BCUT2D eigenvalue weighted by atomic mass is 10.0. The van der Waals surface area contributed by atoms with Crippen molar-refractivity contribution in [3.63, 3.8) is 0 Å². The summed E-state index contributed by atoms with van der Waals surface area (Å²) in [5.74, 6) is 0.0596. The van der Waals surface area contributed by atoms with Crippen molar-refractivity contribution in [1.29, 1.82) is 0 Å². The molecule has 0 aromatic heterocycles. The number of ether oxygens (including phenoxy) is 1. The predicted octanol–water partition coefficient (Wildman–Crippen LogP) is -0.797. The average Bonchev–Trinajstić information content (AvgIpc) is 2.52. The number of benzene rings is 1. The Morgan fingerprint density at radius 1 is 1.19 bits per heavy atom. The van der Waals surface area contributed by atoms with Crippen LogP contribution in [0.15, 0.2) is 30.0 Å². The molecule has 0 aliphatic rings. The lowest BCUT2D eigenvalue weighted by molar-refractivity contribution is -0.116. The molecule has 0 amide bonds. The number of aliphatic hydroxyl groups excluding tert-OH is 4. The van der Waals surface area contributed by atoms with Crippen LogP contribution >= 0.6 is 0 Å². The highest BCUT2D eigenvalue weighted by atomic mass is 16.5. The second kappa shape index (κ2) is 7.75. The van der Waals surface area contributed by atoms with E-state index in [0.717, 1.165) is 0 Å². The number of nitrogens with two attached hydrogens (primary N) is 1. The van der Waals surface area contributed by atoms with Crippen LogP contribution in [0.25, 0.3) is 6.08 Å². The zero-order chi connectivity index (χ0) is 16.0. The molecule has 6 N–H and O–H groups in total. The van der Waals surface area contributed by atoms with E-state index in [0.29, 0.717) is 11.3 Å². The molecule has 7 heteroatoms. The second-order valence-electron chi connectivity index (χ2n) is 4.48. The van der Waals surface area contributed by atoms with Crippen LogP contribution in [-0.4, -0.2) is 58.2 Å². The van der Waals surface area contributed by atoms with Crippen molar-refractivity contribution in [2.45, 2.75) is 24.4 Å². The number of hydrogen-bond donors (Lipinski definition) is 5. The molecule has 1 rings (SSSR count). The summed E-state index contributed by atoms with van der Waals surface area (Å²) in [6.07, 6.45) is -3.80. The topological polar surface area (TPSA) is 133 Å². The Bertz CT molecular complexity index is 487. The number of carbonyl (C=O) groups is 1. The van der Waals surface area contributed by atoms with Gasteiger partial charge in [0.05, 0.1) is 13.2 Å². The largest absolute Gasteiger partial charge is 0.509 e. The molecular weight excluding hydrogens is 278 g/mol. The van der Waals surface area contributed by atoms with E-state index in [1.54, 1.807) is 24.3 Å². The molecule has 0 aliphatic heterocycles. The van der Waals surface area contributed by atoms with Crippen molar-refractivity contribution < 1.29 is 30.0 Å². The second-order valence-corrected chi connectivity index (χ2v) is 4.48. The maximum absolute atomic E-state index is 10.4. The third-order valence-electron chi connectivity index (χ3n) is 2.96. The summed E-state index contributed by atoms with van der Waals surface area (Å²) in [6, 6.07) is 5.20. The Kier molecular flexibility index (Phi) is 6.32. The fraction of sp³-hybridized carbons (Fsp3) is 0.357. The van der Waals surface area contributed by atoms with Crippen LogP contribution in [0.3, 0.4) is 0 Å². The SMILES string of the molecule is COc1ccc(C=C(O)[C@@H](O)[C@@H](O)[C@H](O)[C@@H](N)C=O)cc1. The molecule has 7 nitrogen and oxygen atoms in total. The lowest BCUT2D eigenvalue weighted by Crippen LogP contribution is -2.49. The van der Waals surface area contributed by atoms with Crippen LogP contribution in [0.5, 0.6) is 5.75 Å². The van der Waals surface area contributed by atoms with E-state index in [2.05, 4.69) is 0 Å². The molecule has 21 heavy (non-hydrogen) atoms. The number of carbonyl (C=O) groups excluding carboxylic acids is 1. The van der Waals surface area contributed by atoms with Gasteiger partial charge in [-0.3, -0.25) is 0 Å². The Morgan fingerprint density at radius 3 is 2.24 bits per heavy atom. The molecule has 0 radical (unpaired) electrons. The van der Waals surface area contributed by atoms with E-state index in [1.165, 1.54) is 13.2 Å². The van der Waals surface area contributed by atoms with Gasteiger partial charge < -0.3 is 35.7 Å². The molecule has 1 aromatic rings. The standard InChI is InChI=1S/C14H19NO6/c1-21-9-4-2-8(3-5-9)6-11(17)13(19)14(20)12(18)10(15)7-16/h2-7,10,12-14,17-20H,15H2,1H3/t10-,12+,13+,14-/m0/s1. The minimum absolute atomic E-state index is 0.241. The van der Waals surface area contributed by atoms with Gasteiger partial charge in [-0.25, -0.2) is 0 Å². The molecule has 0 saturated carbocycles. The van der Waals surface area contributed by atoms with Crippen molar-refractivity contribution in [3.8, 4) is 5.75 Å². The molecule has 0 aliphatic carbocycles. The van der Waals surface area contributed by atoms with Crippen LogP contribution < -0.4 is 10.5 Å². The summed E-state index contributed by atoms with van der Waals surface area (Å²) >= 11 is 0. The third kappa shape index (κ3) is 4.54. The monoisotopic (exact) mass is 297 g/mol. The van der Waals surface area contributed by atoms with Crippen molar-refractivity contribution in [3.05, 3.63) is 35.6 Å². The number of aliphatic hydroxyl groups is 4. The quantitative estimate of drug-likeness (QED) is 0.329. The van der Waals surface area contributed by atoms with Crippen LogP contribution in [0.4, 0.5) is 0 Å². The third-order valence-corrected chi connectivity index (χ3v) is 2.96. The summed E-state index contributed by atoms with van der Waals surface area (Å²) in [5.41, 5.74) is 5.79. The minimum Gasteiger partial charge on any atom is -0.509 e. The number of rotatable bonds is 7. The number of methoxy groups -OCH3 is 1. The Hall–Kier alpha value is -1.93. The molecular formula is C14H19NO6. The van der Waals surface area contributed by atoms with Crippen LogP contribution in [-0.2, 0) is 4.79 Å². The molecule has 0 heterocycles. The first-order chi connectivity index (χ1) is 9.90. The van der Waals surface area contributed by atoms with Crippen molar-refractivity contribution in [2.75, 3.05) is 7.11 Å². The molecule has 0 bridgehead atoms. The smallest absolute Gasteiger partial charge is 0.139 e. The molecule has 4 atom stereocenters. The summed E-state index contributed by atoms with van der Waals surface area (Å²) < 4.78 is 4.98. The van der Waals surface area contributed by atoms with Gasteiger partial charge in [0, 0.05) is 0 Å². The summed E-state index contributed by atoms with van der Waals surface area (Å²) in [5, 5.41) is 38.7. The fourth-order valence-corrected chi connectivity index (χ4v) is 1.63. The molecule has 0 fully saturated rings. The van der Waals surface area contributed by atoms with E-state index in [1.807, 2.05) is 0 Å². The van der Waals surface area contributed by atoms with Crippen LogP contribution in [0.1, 0.15) is 5.56 Å². The van der Waals surface area contributed by atoms with Gasteiger partial charge in [0.15, 0.2) is 0 Å². The molecule has 0 unspecified atom stereocenters. The first kappa shape index (κ1) is 17.1. The molecule has 1 aromatic carbocycles. The van der Waals surface area contributed by atoms with Crippen LogP contribution in [0, 0.1) is 0 Å². The average molecular weight is 297 g/mol. The van der Waals surface area contributed by atoms with Gasteiger partial charge in [0.25, 0.3) is 0 Å². The maximum atomic E-state index is 10.4. The maximum Gasteiger partial charge on any atom is 0.139 e. The number of hydrogen-bond acceptors (Lipinski definition) is 7. The van der Waals surface area contributed by atoms with E-state index in [-0.39, 0.29) is 6.29 Å². The van der Waals surface area contributed by atoms with E-state index in [4.69, 9.17) is 10.5 Å². The van der Waals surface area contributed by atoms with E-state index < -0.39 is 30.1 Å². The summed E-state index contributed by atoms with van der Waals surface area (Å²) in [4.78, 5) is 10.4.